The molecule has 3 nitrogen and oxygen atoms in total. The Balaban J connectivity index is 0.00000120. The molecule has 1 amide bonds. The number of nitrogens with zero attached hydrogens (tertiary/aromatic N) is 1. The van der Waals surface area contributed by atoms with Crippen LogP contribution >= 0.6 is 0 Å². The molecular weight excluding hydrogens is 212 g/mol. The molecule has 1 saturated carbocycles. The van der Waals surface area contributed by atoms with E-state index in [1.54, 1.807) is 0 Å². The third kappa shape index (κ3) is 1.88. The molecule has 3 rings (SSSR count). The predicted octanol–water partition coefficient (Wildman–Crippen LogP) is 2.02. The van der Waals surface area contributed by atoms with Crippen LogP contribution in [0.3, 0.4) is 0 Å². The quantitative estimate of drug-likeness (QED) is 0.758. The summed E-state index contributed by atoms with van der Waals surface area (Å²) in [6.07, 6.45) is 7.19. The van der Waals surface area contributed by atoms with Crippen molar-refractivity contribution in [3.63, 3.8) is 0 Å². The number of hydrogen-bond acceptors (Lipinski definition) is 2. The van der Waals surface area contributed by atoms with Gasteiger partial charge in [0.1, 0.15) is 0 Å². The number of fused-ring (bicyclic) bond motifs is 1. The van der Waals surface area contributed by atoms with Crippen LogP contribution in [0.2, 0.25) is 0 Å². The van der Waals surface area contributed by atoms with Gasteiger partial charge in [0, 0.05) is 7.47 Å². The minimum absolute atomic E-state index is 0. The van der Waals surface area contributed by atoms with Gasteiger partial charge in [-0.3, -0.25) is 4.79 Å². The molecule has 1 aliphatic carbocycles. The fourth-order valence-electron chi connectivity index (χ4n) is 4.12. The average molecular weight is 238 g/mol. The molecule has 3 heteroatoms. The van der Waals surface area contributed by atoms with Crippen LogP contribution < -0.4 is 5.32 Å². The summed E-state index contributed by atoms with van der Waals surface area (Å²) in [6, 6.07) is 0.511. The van der Waals surface area contributed by atoms with Crippen LogP contribution in [-0.2, 0) is 4.79 Å². The van der Waals surface area contributed by atoms with Crippen LogP contribution in [-0.4, -0.2) is 36.5 Å². The molecule has 3 aliphatic rings. The number of rotatable bonds is 1. The lowest BCUT2D eigenvalue weighted by atomic mass is 9.68. The highest BCUT2D eigenvalue weighted by atomic mass is 16.2. The molecule has 98 valence electrons. The summed E-state index contributed by atoms with van der Waals surface area (Å²) in [4.78, 5) is 14.9. The molecule has 0 aromatic heterocycles. The number of nitrogens with one attached hydrogen (secondary N) is 1. The van der Waals surface area contributed by atoms with E-state index in [1.807, 2.05) is 0 Å². The van der Waals surface area contributed by atoms with Crippen molar-refractivity contribution in [2.75, 3.05) is 19.6 Å². The van der Waals surface area contributed by atoms with Gasteiger partial charge in [-0.15, -0.1) is 0 Å². The maximum atomic E-state index is 12.4. The number of carbonyl (C=O) groups excluding carboxylic acids is 1. The summed E-state index contributed by atoms with van der Waals surface area (Å²) in [5.41, 5.74) is -0.00280. The van der Waals surface area contributed by atoms with Gasteiger partial charge in [-0.25, -0.2) is 0 Å². The molecule has 2 atom stereocenters. The maximum absolute atomic E-state index is 12.4. The highest BCUT2D eigenvalue weighted by Gasteiger charge is 2.49. The van der Waals surface area contributed by atoms with Gasteiger partial charge in [0.25, 0.3) is 0 Å². The predicted molar refractivity (Wildman–Crippen MR) is 69.8 cm³/mol. The number of amides is 1. The van der Waals surface area contributed by atoms with E-state index < -0.39 is 0 Å². The number of carbonyl (C=O) groups is 1. The van der Waals surface area contributed by atoms with E-state index in [0.717, 1.165) is 38.4 Å². The van der Waals surface area contributed by atoms with Gasteiger partial charge in [-0.2, -0.15) is 0 Å². The molecule has 1 spiro atoms. The first kappa shape index (κ1) is 11.5. The van der Waals surface area contributed by atoms with Crippen molar-refractivity contribution in [3.05, 3.63) is 0 Å². The summed E-state index contributed by atoms with van der Waals surface area (Å²) in [5.74, 6) is 1.15. The van der Waals surface area contributed by atoms with Crippen LogP contribution in [0.5, 0.6) is 0 Å². The van der Waals surface area contributed by atoms with Crippen molar-refractivity contribution in [2.45, 2.75) is 51.5 Å². The first-order chi connectivity index (χ1) is 8.23. The third-order valence-electron chi connectivity index (χ3n) is 5.37. The summed E-state index contributed by atoms with van der Waals surface area (Å²) in [7, 11) is 0. The normalized spacial score (nSPS) is 36.9. The Hall–Kier alpha value is -0.570. The topological polar surface area (TPSA) is 32.3 Å². The molecule has 3 fully saturated rings. The Morgan fingerprint density at radius 1 is 1.41 bits per heavy atom. The van der Waals surface area contributed by atoms with Crippen molar-refractivity contribution in [1.82, 2.24) is 10.2 Å². The average Bonchev–Trinajstić information content (AvgIpc) is 2.78. The second-order valence-electron chi connectivity index (χ2n) is 6.19. The molecule has 0 radical (unpaired) electrons. The number of likely N-dealkylation sites (tertiary alicyclic amines) is 1. The van der Waals surface area contributed by atoms with Crippen LogP contribution in [0, 0.1) is 11.3 Å². The highest BCUT2D eigenvalue weighted by molar-refractivity contribution is 5.84. The smallest absolute Gasteiger partial charge is 0.226 e. The zero-order valence-electron chi connectivity index (χ0n) is 10.9. The fraction of sp³-hybridized carbons (Fsp3) is 0.929. The summed E-state index contributed by atoms with van der Waals surface area (Å²) in [6.45, 7) is 5.57. The minimum Gasteiger partial charge on any atom is -0.353 e. The van der Waals surface area contributed by atoms with E-state index in [-0.39, 0.29) is 6.84 Å². The van der Waals surface area contributed by atoms with Crippen LogP contribution in [0.15, 0.2) is 0 Å². The van der Waals surface area contributed by atoms with Crippen molar-refractivity contribution in [1.29, 1.82) is 0 Å². The van der Waals surface area contributed by atoms with Gasteiger partial charge in [0.05, 0.1) is 5.41 Å². The van der Waals surface area contributed by atoms with Crippen LogP contribution in [0.4, 0.5) is 0 Å². The Labute approximate surface area is 105 Å². The SMILES string of the molecule is CCN1CCC2(CC1)CC1CCCC1NC2=O.[HH]. The molecule has 0 aromatic carbocycles. The monoisotopic (exact) mass is 238 g/mol. The summed E-state index contributed by atoms with van der Waals surface area (Å²) >= 11 is 0. The molecule has 2 unspecified atom stereocenters. The summed E-state index contributed by atoms with van der Waals surface area (Å²) < 4.78 is 0. The van der Waals surface area contributed by atoms with Crippen molar-refractivity contribution < 1.29 is 6.22 Å². The molecular formula is C14H26N2O. The number of piperidine rings is 2. The van der Waals surface area contributed by atoms with Gasteiger partial charge < -0.3 is 10.2 Å². The zero-order valence-corrected chi connectivity index (χ0v) is 10.9. The van der Waals surface area contributed by atoms with E-state index in [4.69, 9.17) is 0 Å². The van der Waals surface area contributed by atoms with Gasteiger partial charge in [0.2, 0.25) is 5.91 Å². The maximum Gasteiger partial charge on any atom is 0.226 e. The standard InChI is InChI=1S/C14H24N2O.H2/c1-2-16-8-6-14(7-9-16)10-11-4-3-5-12(11)15-13(14)17;/h11-12H,2-10H2,1H3,(H,15,17);1H. The van der Waals surface area contributed by atoms with E-state index in [0.29, 0.717) is 11.9 Å². The zero-order chi connectivity index (χ0) is 11.9. The van der Waals surface area contributed by atoms with Crippen LogP contribution in [0.25, 0.3) is 0 Å². The van der Waals surface area contributed by atoms with Crippen molar-refractivity contribution in [3.8, 4) is 0 Å². The lowest BCUT2D eigenvalue weighted by molar-refractivity contribution is -0.140. The van der Waals surface area contributed by atoms with Gasteiger partial charge in [0.15, 0.2) is 0 Å². The molecule has 2 aliphatic heterocycles. The first-order valence-corrected chi connectivity index (χ1v) is 7.27. The van der Waals surface area contributed by atoms with Gasteiger partial charge in [-0.05, 0) is 57.7 Å². The number of hydrogen-bond donors (Lipinski definition) is 1. The van der Waals surface area contributed by atoms with Gasteiger partial charge in [-0.1, -0.05) is 13.3 Å². The fourth-order valence-corrected chi connectivity index (χ4v) is 4.12. The third-order valence-corrected chi connectivity index (χ3v) is 5.37. The Kier molecular flexibility index (Phi) is 2.89. The molecule has 17 heavy (non-hydrogen) atoms. The Bertz CT molecular complexity index is 313. The second kappa shape index (κ2) is 4.27. The minimum atomic E-state index is -0.00280. The van der Waals surface area contributed by atoms with E-state index in [2.05, 4.69) is 17.1 Å². The summed E-state index contributed by atoms with van der Waals surface area (Å²) in [5, 5.41) is 3.31. The lowest BCUT2D eigenvalue weighted by Crippen LogP contribution is -2.57. The molecule has 1 N–H and O–H groups in total. The molecule has 2 saturated heterocycles. The van der Waals surface area contributed by atoms with Crippen molar-refractivity contribution >= 4 is 5.91 Å². The Morgan fingerprint density at radius 3 is 2.88 bits per heavy atom. The van der Waals surface area contributed by atoms with E-state index in [9.17, 15) is 4.79 Å². The Morgan fingerprint density at radius 2 is 2.18 bits per heavy atom. The van der Waals surface area contributed by atoms with Crippen molar-refractivity contribution in [2.24, 2.45) is 11.3 Å². The highest BCUT2D eigenvalue weighted by Crippen LogP contribution is 2.46. The second-order valence-corrected chi connectivity index (χ2v) is 6.19. The van der Waals surface area contributed by atoms with Gasteiger partial charge >= 0.3 is 0 Å². The first-order valence-electron chi connectivity index (χ1n) is 7.27. The largest absolute Gasteiger partial charge is 0.353 e. The molecule has 2 heterocycles. The van der Waals surface area contributed by atoms with E-state index in [1.165, 1.54) is 25.7 Å². The molecule has 0 aromatic rings. The van der Waals surface area contributed by atoms with Crippen LogP contribution in [0.1, 0.15) is 46.9 Å². The van der Waals surface area contributed by atoms with E-state index >= 15 is 0 Å². The molecule has 0 bridgehead atoms. The lowest BCUT2D eigenvalue weighted by Gasteiger charge is -2.46.